The Hall–Kier alpha value is -1.71. The molecule has 0 aromatic carbocycles. The first kappa shape index (κ1) is 37.1. The molecule has 0 atom stereocenters. The van der Waals surface area contributed by atoms with Crippen molar-refractivity contribution in [3.05, 3.63) is 0 Å². The molecule has 9 heteroatoms. The van der Waals surface area contributed by atoms with Crippen LogP contribution in [0.1, 0.15) is 141 Å². The molecule has 0 unspecified atom stereocenters. The van der Waals surface area contributed by atoms with Gasteiger partial charge in [0.2, 0.25) is 17.8 Å². The van der Waals surface area contributed by atoms with Crippen LogP contribution in [0.4, 0.5) is 17.8 Å². The summed E-state index contributed by atoms with van der Waals surface area (Å²) in [5.74, 6) is 3.99. The molecule has 1 aromatic heterocycles. The predicted octanol–water partition coefficient (Wildman–Crippen LogP) is 7.29. The Morgan fingerprint density at radius 3 is 1.04 bits per heavy atom. The molecule has 3 saturated heterocycles. The minimum atomic E-state index is 0.158. The van der Waals surface area contributed by atoms with Gasteiger partial charge in [-0.25, -0.2) is 0 Å². The quantitative estimate of drug-likeness (QED) is 0.161. The van der Waals surface area contributed by atoms with Crippen molar-refractivity contribution in [3.63, 3.8) is 0 Å². The van der Waals surface area contributed by atoms with E-state index in [0.717, 1.165) is 38.9 Å². The number of hydrogen-bond acceptors (Lipinski definition) is 9. The van der Waals surface area contributed by atoms with Crippen LogP contribution in [0, 0.1) is 17.8 Å². The summed E-state index contributed by atoms with van der Waals surface area (Å²) >= 11 is 0. The first-order valence-corrected chi connectivity index (χ1v) is 18.3. The van der Waals surface area contributed by atoms with E-state index in [4.69, 9.17) is 15.0 Å². The van der Waals surface area contributed by atoms with Gasteiger partial charge in [-0.2, -0.15) is 15.0 Å². The molecule has 3 aliphatic heterocycles. The van der Waals surface area contributed by atoms with Crippen LogP contribution in [0.5, 0.6) is 0 Å². The Bertz CT molecular complexity index is 1040. The molecule has 0 saturated carbocycles. The number of nitrogens with zero attached hydrogens (tertiary/aromatic N) is 4. The highest BCUT2D eigenvalue weighted by Crippen LogP contribution is 2.41. The van der Waals surface area contributed by atoms with Crippen LogP contribution in [0.2, 0.25) is 0 Å². The van der Waals surface area contributed by atoms with E-state index in [1.54, 1.807) is 0 Å². The number of aromatic nitrogens is 3. The molecule has 3 fully saturated rings. The van der Waals surface area contributed by atoms with E-state index in [1.807, 2.05) is 0 Å². The summed E-state index contributed by atoms with van der Waals surface area (Å²) < 4.78 is 0. The first-order valence-electron chi connectivity index (χ1n) is 18.3. The maximum Gasteiger partial charge on any atom is 0.229 e. The average molecular weight is 642 g/mol. The predicted molar refractivity (Wildman–Crippen MR) is 196 cm³/mol. The fourth-order valence-electron chi connectivity index (χ4n) is 10.0. The van der Waals surface area contributed by atoms with E-state index < -0.39 is 0 Å². The lowest BCUT2D eigenvalue weighted by atomic mass is 9.73. The van der Waals surface area contributed by atoms with Crippen molar-refractivity contribution in [2.24, 2.45) is 17.8 Å². The highest BCUT2D eigenvalue weighted by molar-refractivity contribution is 5.42. The zero-order chi connectivity index (χ0) is 34.2. The lowest BCUT2D eigenvalue weighted by Gasteiger charge is -2.53. The van der Waals surface area contributed by atoms with Gasteiger partial charge in [0.15, 0.2) is 0 Å². The SMILES string of the molecule is CN1C(C)(C)CC(CCNc2nc(NCCC3CC(C)(C)NC(C)(C)C3)nc(NCCC3CC(C)(C)NC(C)(C)C3)n2)CC1(C)C. The molecule has 0 aliphatic carbocycles. The van der Waals surface area contributed by atoms with Crippen molar-refractivity contribution in [2.45, 2.75) is 174 Å². The van der Waals surface area contributed by atoms with Gasteiger partial charge in [0.05, 0.1) is 0 Å². The van der Waals surface area contributed by atoms with Crippen molar-refractivity contribution in [3.8, 4) is 0 Å². The van der Waals surface area contributed by atoms with Crippen LogP contribution < -0.4 is 26.6 Å². The standard InChI is InChI=1S/C37H71N9/c1-32(2)20-26(21-33(3,4)44-32)14-17-38-29-41-30(39-18-15-27-22-34(5,6)45-35(7,8)23-27)43-31(42-29)40-19-16-28-24-36(9,10)46(13)37(11,12)25-28/h26-28,44-45H,14-25H2,1-13H3,(H3,38,39,40,41,42,43). The van der Waals surface area contributed by atoms with Gasteiger partial charge in [0.25, 0.3) is 0 Å². The lowest BCUT2D eigenvalue weighted by Crippen LogP contribution is -2.58. The third-order valence-electron chi connectivity index (χ3n) is 11.1. The van der Waals surface area contributed by atoms with Crippen molar-refractivity contribution in [2.75, 3.05) is 42.6 Å². The van der Waals surface area contributed by atoms with Gasteiger partial charge in [-0.05, 0) is 166 Å². The fourth-order valence-corrected chi connectivity index (χ4v) is 10.0. The van der Waals surface area contributed by atoms with Crippen molar-refractivity contribution < 1.29 is 0 Å². The number of hydrogen-bond donors (Lipinski definition) is 5. The molecule has 264 valence electrons. The molecular formula is C37H71N9. The molecule has 0 bridgehead atoms. The summed E-state index contributed by atoms with van der Waals surface area (Å²) in [6.45, 7) is 30.7. The van der Waals surface area contributed by atoms with Crippen LogP contribution in [-0.4, -0.2) is 79.8 Å². The van der Waals surface area contributed by atoms with Gasteiger partial charge in [-0.15, -0.1) is 0 Å². The fraction of sp³-hybridized carbons (Fsp3) is 0.919. The maximum absolute atomic E-state index is 4.85. The highest BCUT2D eigenvalue weighted by Gasteiger charge is 2.43. The summed E-state index contributed by atoms with van der Waals surface area (Å²) in [4.78, 5) is 17.1. The van der Waals surface area contributed by atoms with Gasteiger partial charge < -0.3 is 26.6 Å². The molecule has 9 nitrogen and oxygen atoms in total. The second-order valence-electron chi connectivity index (χ2n) is 19.2. The smallest absolute Gasteiger partial charge is 0.229 e. The first-order chi connectivity index (χ1) is 21.0. The van der Waals surface area contributed by atoms with Gasteiger partial charge in [0.1, 0.15) is 0 Å². The summed E-state index contributed by atoms with van der Waals surface area (Å²) in [6, 6.07) is 0. The Kier molecular flexibility index (Phi) is 11.0. The molecule has 1 aromatic rings. The summed E-state index contributed by atoms with van der Waals surface area (Å²) in [5, 5.41) is 18.4. The van der Waals surface area contributed by atoms with E-state index in [1.165, 1.54) is 38.5 Å². The molecular weight excluding hydrogens is 570 g/mol. The number of piperidine rings is 3. The summed E-state index contributed by atoms with van der Waals surface area (Å²) in [7, 11) is 2.28. The van der Waals surface area contributed by atoms with Gasteiger partial charge in [-0.1, -0.05) is 0 Å². The largest absolute Gasteiger partial charge is 0.354 e. The second kappa shape index (κ2) is 13.7. The zero-order valence-corrected chi connectivity index (χ0v) is 32.0. The number of rotatable bonds is 12. The number of nitrogens with one attached hydrogen (secondary N) is 5. The lowest BCUT2D eigenvalue weighted by molar-refractivity contribution is -0.0308. The van der Waals surface area contributed by atoms with Crippen LogP contribution >= 0.6 is 0 Å². The molecule has 4 heterocycles. The Morgan fingerprint density at radius 2 is 0.761 bits per heavy atom. The van der Waals surface area contributed by atoms with Crippen molar-refractivity contribution in [1.29, 1.82) is 0 Å². The minimum absolute atomic E-state index is 0.158. The second-order valence-corrected chi connectivity index (χ2v) is 19.2. The molecule has 0 amide bonds. The molecule has 0 radical (unpaired) electrons. The Labute approximate surface area is 282 Å². The maximum atomic E-state index is 4.85. The van der Waals surface area contributed by atoms with Crippen LogP contribution in [0.25, 0.3) is 0 Å². The van der Waals surface area contributed by atoms with E-state index in [9.17, 15) is 0 Å². The molecule has 5 N–H and O–H groups in total. The van der Waals surface area contributed by atoms with Gasteiger partial charge in [-0.3, -0.25) is 4.90 Å². The van der Waals surface area contributed by atoms with E-state index in [-0.39, 0.29) is 33.2 Å². The third kappa shape index (κ3) is 10.6. The number of likely N-dealkylation sites (tertiary alicyclic amines) is 1. The Morgan fingerprint density at radius 1 is 0.500 bits per heavy atom. The van der Waals surface area contributed by atoms with Crippen LogP contribution in [0.15, 0.2) is 0 Å². The molecule has 4 rings (SSSR count). The minimum Gasteiger partial charge on any atom is -0.354 e. The van der Waals surface area contributed by atoms with Crippen molar-refractivity contribution >= 4 is 17.8 Å². The monoisotopic (exact) mass is 642 g/mol. The highest BCUT2D eigenvalue weighted by atomic mass is 15.3. The topological polar surface area (TPSA) is 102 Å². The molecule has 46 heavy (non-hydrogen) atoms. The number of anilines is 3. The van der Waals surface area contributed by atoms with E-state index in [2.05, 4.69) is 122 Å². The van der Waals surface area contributed by atoms with Gasteiger partial charge >= 0.3 is 0 Å². The molecule has 3 aliphatic rings. The van der Waals surface area contributed by atoms with Gasteiger partial charge in [0, 0.05) is 52.9 Å². The summed E-state index contributed by atoms with van der Waals surface area (Å²) in [5.41, 5.74) is 1.03. The Balaban J connectivity index is 1.39. The average Bonchev–Trinajstić information content (AvgIpc) is 2.83. The zero-order valence-electron chi connectivity index (χ0n) is 32.0. The van der Waals surface area contributed by atoms with E-state index >= 15 is 0 Å². The van der Waals surface area contributed by atoms with Crippen LogP contribution in [-0.2, 0) is 0 Å². The van der Waals surface area contributed by atoms with Crippen molar-refractivity contribution in [1.82, 2.24) is 30.5 Å². The molecule has 0 spiro atoms. The van der Waals surface area contributed by atoms with Crippen LogP contribution in [0.3, 0.4) is 0 Å². The van der Waals surface area contributed by atoms with E-state index in [0.29, 0.717) is 35.6 Å². The third-order valence-corrected chi connectivity index (χ3v) is 11.1. The normalized spacial score (nSPS) is 26.0. The summed E-state index contributed by atoms with van der Waals surface area (Å²) in [6.07, 6.45) is 10.5.